The van der Waals surface area contributed by atoms with Gasteiger partial charge in [0.2, 0.25) is 0 Å². The smallest absolute Gasteiger partial charge is 0.0834 e. The van der Waals surface area contributed by atoms with Crippen molar-refractivity contribution in [3.8, 4) is 0 Å². The molecule has 2 heteroatoms. The molecule has 1 aromatic rings. The molecule has 0 heterocycles. The summed E-state index contributed by atoms with van der Waals surface area (Å²) in [5, 5.41) is 3.67. The predicted molar refractivity (Wildman–Crippen MR) is 80.4 cm³/mol. The van der Waals surface area contributed by atoms with E-state index in [9.17, 15) is 0 Å². The number of ether oxygens (including phenoxy) is 1. The maximum atomic E-state index is 6.00. The molecule has 1 unspecified atom stereocenters. The summed E-state index contributed by atoms with van der Waals surface area (Å²) in [6.45, 7) is 3.19. The van der Waals surface area contributed by atoms with Crippen molar-refractivity contribution in [2.75, 3.05) is 13.7 Å². The SMILES string of the molecule is CCNC(Cc1ccccc1)C1(OC)CCCCC1. The van der Waals surface area contributed by atoms with Gasteiger partial charge in [-0.3, -0.25) is 0 Å². The van der Waals surface area contributed by atoms with Crippen molar-refractivity contribution in [2.45, 2.75) is 57.1 Å². The largest absolute Gasteiger partial charge is 0.377 e. The maximum absolute atomic E-state index is 6.00. The Morgan fingerprint density at radius 2 is 1.84 bits per heavy atom. The third-order valence-corrected chi connectivity index (χ3v) is 4.47. The molecule has 0 amide bonds. The third-order valence-electron chi connectivity index (χ3n) is 4.47. The van der Waals surface area contributed by atoms with Crippen molar-refractivity contribution in [1.29, 1.82) is 0 Å². The van der Waals surface area contributed by atoms with E-state index in [-0.39, 0.29) is 5.60 Å². The first-order valence-electron chi connectivity index (χ1n) is 7.63. The second-order valence-electron chi connectivity index (χ2n) is 5.63. The lowest BCUT2D eigenvalue weighted by Crippen LogP contribution is -2.54. The number of hydrogen-bond donors (Lipinski definition) is 1. The molecule has 0 aromatic heterocycles. The molecular weight excluding hydrogens is 234 g/mol. The zero-order valence-electron chi connectivity index (χ0n) is 12.3. The molecule has 2 rings (SSSR count). The second-order valence-corrected chi connectivity index (χ2v) is 5.63. The van der Waals surface area contributed by atoms with Crippen LogP contribution in [0.5, 0.6) is 0 Å². The topological polar surface area (TPSA) is 21.3 Å². The van der Waals surface area contributed by atoms with Crippen molar-refractivity contribution in [3.05, 3.63) is 35.9 Å². The Labute approximate surface area is 117 Å². The van der Waals surface area contributed by atoms with Crippen molar-refractivity contribution < 1.29 is 4.74 Å². The second kappa shape index (κ2) is 7.06. The summed E-state index contributed by atoms with van der Waals surface area (Å²) in [6, 6.07) is 11.2. The minimum atomic E-state index is 0.0318. The zero-order chi connectivity index (χ0) is 13.6. The van der Waals surface area contributed by atoms with E-state index in [1.54, 1.807) is 0 Å². The van der Waals surface area contributed by atoms with Gasteiger partial charge in [0.15, 0.2) is 0 Å². The minimum absolute atomic E-state index is 0.0318. The Balaban J connectivity index is 2.13. The first kappa shape index (κ1) is 14.5. The fraction of sp³-hybridized carbons (Fsp3) is 0.647. The molecule has 1 fully saturated rings. The van der Waals surface area contributed by atoms with Gasteiger partial charge in [0, 0.05) is 13.2 Å². The Morgan fingerprint density at radius 3 is 2.42 bits per heavy atom. The van der Waals surface area contributed by atoms with E-state index in [0.29, 0.717) is 6.04 Å². The van der Waals surface area contributed by atoms with E-state index in [4.69, 9.17) is 4.74 Å². The van der Waals surface area contributed by atoms with E-state index >= 15 is 0 Å². The van der Waals surface area contributed by atoms with Crippen molar-refractivity contribution in [2.24, 2.45) is 0 Å². The lowest BCUT2D eigenvalue weighted by atomic mass is 9.77. The summed E-state index contributed by atoms with van der Waals surface area (Å²) in [5.74, 6) is 0. The van der Waals surface area contributed by atoms with E-state index in [0.717, 1.165) is 13.0 Å². The number of rotatable bonds is 6. The highest BCUT2D eigenvalue weighted by Gasteiger charge is 2.39. The van der Waals surface area contributed by atoms with Crippen molar-refractivity contribution in [1.82, 2.24) is 5.32 Å². The van der Waals surface area contributed by atoms with Gasteiger partial charge in [-0.1, -0.05) is 56.5 Å². The standard InChI is InChI=1S/C17H27NO/c1-3-18-16(14-15-10-6-4-7-11-15)17(19-2)12-8-5-9-13-17/h4,6-7,10-11,16,18H,3,5,8-9,12-14H2,1-2H3. The van der Waals surface area contributed by atoms with E-state index in [1.165, 1.54) is 37.7 Å². The average molecular weight is 261 g/mol. The first-order valence-corrected chi connectivity index (χ1v) is 7.63. The van der Waals surface area contributed by atoms with Crippen molar-refractivity contribution in [3.63, 3.8) is 0 Å². The minimum Gasteiger partial charge on any atom is -0.377 e. The highest BCUT2D eigenvalue weighted by Crippen LogP contribution is 2.35. The average Bonchev–Trinajstić information content (AvgIpc) is 2.48. The molecule has 106 valence electrons. The van der Waals surface area contributed by atoms with Gasteiger partial charge in [-0.15, -0.1) is 0 Å². The fourth-order valence-electron chi connectivity index (χ4n) is 3.39. The lowest BCUT2D eigenvalue weighted by Gasteiger charge is -2.43. The van der Waals surface area contributed by atoms with Gasteiger partial charge < -0.3 is 10.1 Å². The van der Waals surface area contributed by atoms with E-state index in [1.807, 2.05) is 7.11 Å². The molecule has 0 bridgehead atoms. The fourth-order valence-corrected chi connectivity index (χ4v) is 3.39. The Hall–Kier alpha value is -0.860. The highest BCUT2D eigenvalue weighted by atomic mass is 16.5. The van der Waals surface area contributed by atoms with Gasteiger partial charge in [-0.25, -0.2) is 0 Å². The van der Waals surface area contributed by atoms with Gasteiger partial charge in [-0.05, 0) is 31.4 Å². The lowest BCUT2D eigenvalue weighted by molar-refractivity contribution is -0.0669. The van der Waals surface area contributed by atoms with Gasteiger partial charge in [-0.2, -0.15) is 0 Å². The molecule has 1 aliphatic carbocycles. The molecule has 1 aromatic carbocycles. The van der Waals surface area contributed by atoms with Crippen LogP contribution in [0.15, 0.2) is 30.3 Å². The van der Waals surface area contributed by atoms with Crippen LogP contribution >= 0.6 is 0 Å². The van der Waals surface area contributed by atoms with Crippen LogP contribution < -0.4 is 5.32 Å². The van der Waals surface area contributed by atoms with Crippen LogP contribution in [-0.4, -0.2) is 25.3 Å². The number of methoxy groups -OCH3 is 1. The van der Waals surface area contributed by atoms with Gasteiger partial charge in [0.05, 0.1) is 5.60 Å². The quantitative estimate of drug-likeness (QED) is 0.845. The Bertz CT molecular complexity index is 357. The van der Waals surface area contributed by atoms with Crippen LogP contribution in [0.25, 0.3) is 0 Å². The normalized spacial score (nSPS) is 20.1. The number of likely N-dealkylation sites (N-methyl/N-ethyl adjacent to an activating group) is 1. The highest BCUT2D eigenvalue weighted by molar-refractivity contribution is 5.17. The number of benzene rings is 1. The van der Waals surface area contributed by atoms with Crippen LogP contribution in [0, 0.1) is 0 Å². The first-order chi connectivity index (χ1) is 9.30. The monoisotopic (exact) mass is 261 g/mol. The molecular formula is C17H27NO. The molecule has 19 heavy (non-hydrogen) atoms. The molecule has 1 saturated carbocycles. The van der Waals surface area contributed by atoms with Crippen LogP contribution in [0.3, 0.4) is 0 Å². The van der Waals surface area contributed by atoms with Crippen LogP contribution in [0.1, 0.15) is 44.6 Å². The molecule has 1 atom stereocenters. The van der Waals surface area contributed by atoms with Crippen LogP contribution in [0.2, 0.25) is 0 Å². The number of nitrogens with one attached hydrogen (secondary N) is 1. The van der Waals surface area contributed by atoms with Gasteiger partial charge >= 0.3 is 0 Å². The summed E-state index contributed by atoms with van der Waals surface area (Å²) in [4.78, 5) is 0. The summed E-state index contributed by atoms with van der Waals surface area (Å²) < 4.78 is 6.00. The molecule has 1 N–H and O–H groups in total. The summed E-state index contributed by atoms with van der Waals surface area (Å²) in [5.41, 5.74) is 1.43. The van der Waals surface area contributed by atoms with Gasteiger partial charge in [0.25, 0.3) is 0 Å². The molecule has 0 aliphatic heterocycles. The molecule has 0 radical (unpaired) electrons. The van der Waals surface area contributed by atoms with Crippen LogP contribution in [0.4, 0.5) is 0 Å². The summed E-state index contributed by atoms with van der Waals surface area (Å²) in [7, 11) is 1.89. The Kier molecular flexibility index (Phi) is 5.41. The van der Waals surface area contributed by atoms with E-state index < -0.39 is 0 Å². The summed E-state index contributed by atoms with van der Waals surface area (Å²) in [6.07, 6.45) is 7.38. The number of hydrogen-bond acceptors (Lipinski definition) is 2. The maximum Gasteiger partial charge on any atom is 0.0834 e. The molecule has 0 spiro atoms. The molecule has 0 saturated heterocycles. The third kappa shape index (κ3) is 3.58. The van der Waals surface area contributed by atoms with E-state index in [2.05, 4.69) is 42.6 Å². The van der Waals surface area contributed by atoms with Gasteiger partial charge in [0.1, 0.15) is 0 Å². The molecule has 1 aliphatic rings. The molecule has 2 nitrogen and oxygen atoms in total. The summed E-state index contributed by atoms with van der Waals surface area (Å²) >= 11 is 0. The zero-order valence-corrected chi connectivity index (χ0v) is 12.3. The van der Waals surface area contributed by atoms with Crippen LogP contribution in [-0.2, 0) is 11.2 Å². The predicted octanol–water partition coefficient (Wildman–Crippen LogP) is 3.56. The Morgan fingerprint density at radius 1 is 1.16 bits per heavy atom. The van der Waals surface area contributed by atoms with Crippen molar-refractivity contribution >= 4 is 0 Å².